The maximum Gasteiger partial charge on any atom is 0.107 e. The second kappa shape index (κ2) is 3.15. The van der Waals surface area contributed by atoms with E-state index < -0.39 is 0 Å². The first-order valence-corrected chi connectivity index (χ1v) is 6.33. The van der Waals surface area contributed by atoms with E-state index in [1.807, 2.05) is 11.3 Å². The topological polar surface area (TPSA) is 38.9 Å². The quantitative estimate of drug-likeness (QED) is 0.805. The van der Waals surface area contributed by atoms with Crippen molar-refractivity contribution < 1.29 is 0 Å². The van der Waals surface area contributed by atoms with Crippen molar-refractivity contribution in [2.75, 3.05) is 0 Å². The third-order valence-corrected chi connectivity index (χ3v) is 4.61. The van der Waals surface area contributed by atoms with E-state index in [0.29, 0.717) is 6.54 Å². The lowest BCUT2D eigenvalue weighted by Crippen LogP contribution is -1.98. The Morgan fingerprint density at radius 3 is 3.07 bits per heavy atom. The Morgan fingerprint density at radius 2 is 2.21 bits per heavy atom. The van der Waals surface area contributed by atoms with Gasteiger partial charge in [-0.1, -0.05) is 0 Å². The summed E-state index contributed by atoms with van der Waals surface area (Å²) in [6.45, 7) is 0.567. The summed E-state index contributed by atoms with van der Waals surface area (Å²) in [5.74, 6) is 0. The van der Waals surface area contributed by atoms with E-state index in [2.05, 4.69) is 16.4 Å². The van der Waals surface area contributed by atoms with E-state index in [4.69, 9.17) is 5.73 Å². The summed E-state index contributed by atoms with van der Waals surface area (Å²) in [4.78, 5) is 7.47. The van der Waals surface area contributed by atoms with Crippen LogP contribution in [0.1, 0.15) is 14.8 Å². The molecule has 0 fully saturated rings. The molecule has 72 valence electrons. The summed E-state index contributed by atoms with van der Waals surface area (Å²) >= 11 is 3.61. The predicted octanol–water partition coefficient (Wildman–Crippen LogP) is 2.43. The van der Waals surface area contributed by atoms with Crippen molar-refractivity contribution in [3.05, 3.63) is 26.2 Å². The molecule has 14 heavy (non-hydrogen) atoms. The number of hydrogen-bond donors (Lipinski definition) is 1. The molecule has 0 amide bonds. The van der Waals surface area contributed by atoms with E-state index in [-0.39, 0.29) is 0 Å². The van der Waals surface area contributed by atoms with Gasteiger partial charge in [0, 0.05) is 21.9 Å². The summed E-state index contributed by atoms with van der Waals surface area (Å²) in [5.41, 5.74) is 8.14. The second-order valence-electron chi connectivity index (χ2n) is 3.34. The van der Waals surface area contributed by atoms with Gasteiger partial charge >= 0.3 is 0 Å². The van der Waals surface area contributed by atoms with Gasteiger partial charge in [-0.15, -0.1) is 22.7 Å². The van der Waals surface area contributed by atoms with E-state index >= 15 is 0 Å². The van der Waals surface area contributed by atoms with Gasteiger partial charge in [-0.3, -0.25) is 0 Å². The maximum absolute atomic E-state index is 5.61. The zero-order valence-electron chi connectivity index (χ0n) is 7.62. The molecule has 4 heteroatoms. The van der Waals surface area contributed by atoms with Gasteiger partial charge < -0.3 is 5.73 Å². The monoisotopic (exact) mass is 222 g/mol. The summed E-state index contributed by atoms with van der Waals surface area (Å²) in [7, 11) is 0. The van der Waals surface area contributed by atoms with E-state index in [0.717, 1.165) is 11.4 Å². The fourth-order valence-corrected chi connectivity index (χ4v) is 3.68. The smallest absolute Gasteiger partial charge is 0.107 e. The Bertz CT molecular complexity index is 470. The van der Waals surface area contributed by atoms with E-state index in [9.17, 15) is 0 Å². The average molecular weight is 222 g/mol. The highest BCUT2D eigenvalue weighted by atomic mass is 32.1. The van der Waals surface area contributed by atoms with Crippen molar-refractivity contribution in [3.63, 3.8) is 0 Å². The Balaban J connectivity index is 2.20. The first-order valence-electron chi connectivity index (χ1n) is 4.64. The highest BCUT2D eigenvalue weighted by Gasteiger charge is 2.20. The van der Waals surface area contributed by atoms with Crippen LogP contribution in [0.4, 0.5) is 0 Å². The van der Waals surface area contributed by atoms with Gasteiger partial charge in [-0.2, -0.15) is 0 Å². The van der Waals surface area contributed by atoms with Crippen LogP contribution >= 0.6 is 22.7 Å². The van der Waals surface area contributed by atoms with Crippen LogP contribution in [0.3, 0.4) is 0 Å². The third-order valence-electron chi connectivity index (χ3n) is 2.50. The normalized spacial score (nSPS) is 13.8. The number of nitrogens with two attached hydrogens (primary N) is 1. The summed E-state index contributed by atoms with van der Waals surface area (Å²) in [6, 6.07) is 2.18. The van der Waals surface area contributed by atoms with Gasteiger partial charge in [0.2, 0.25) is 0 Å². The van der Waals surface area contributed by atoms with Crippen molar-refractivity contribution in [2.45, 2.75) is 19.4 Å². The van der Waals surface area contributed by atoms with Crippen LogP contribution in [0.5, 0.6) is 0 Å². The second-order valence-corrected chi connectivity index (χ2v) is 5.51. The standard InChI is InChI=1S/C10H10N2S2/c11-5-9-12-10-6-3-4-13-7(6)1-2-8(10)14-9/h3-4H,1-2,5,11H2. The molecule has 0 atom stereocenters. The lowest BCUT2D eigenvalue weighted by atomic mass is 10.0. The lowest BCUT2D eigenvalue weighted by molar-refractivity contribution is 0.972. The number of rotatable bonds is 1. The van der Waals surface area contributed by atoms with Crippen molar-refractivity contribution in [2.24, 2.45) is 5.73 Å². The van der Waals surface area contributed by atoms with E-state index in [1.165, 1.54) is 27.4 Å². The van der Waals surface area contributed by atoms with Gasteiger partial charge in [0.25, 0.3) is 0 Å². The van der Waals surface area contributed by atoms with Crippen LogP contribution < -0.4 is 5.73 Å². The molecule has 3 rings (SSSR count). The van der Waals surface area contributed by atoms with Crippen molar-refractivity contribution in [1.82, 2.24) is 4.98 Å². The summed E-state index contributed by atoms with van der Waals surface area (Å²) in [6.07, 6.45) is 2.31. The minimum absolute atomic E-state index is 0.567. The number of thiazole rings is 1. The largest absolute Gasteiger partial charge is 0.325 e. The highest BCUT2D eigenvalue weighted by Crippen LogP contribution is 2.38. The zero-order valence-corrected chi connectivity index (χ0v) is 9.25. The summed E-state index contributed by atoms with van der Waals surface area (Å²) in [5, 5.41) is 3.22. The third kappa shape index (κ3) is 1.15. The van der Waals surface area contributed by atoms with Crippen LogP contribution in [-0.4, -0.2) is 4.98 Å². The Labute approximate surface area is 90.4 Å². The number of aryl methyl sites for hydroxylation is 2. The van der Waals surface area contributed by atoms with Gasteiger partial charge in [0.05, 0.1) is 5.69 Å². The molecule has 0 aliphatic heterocycles. The SMILES string of the molecule is NCc1nc2c(s1)CCc1sccc1-2. The van der Waals surface area contributed by atoms with Crippen LogP contribution in [-0.2, 0) is 19.4 Å². The fraction of sp³-hybridized carbons (Fsp3) is 0.300. The molecule has 0 radical (unpaired) electrons. The van der Waals surface area contributed by atoms with Crippen molar-refractivity contribution in [1.29, 1.82) is 0 Å². The molecular weight excluding hydrogens is 212 g/mol. The fourth-order valence-electron chi connectivity index (χ4n) is 1.84. The molecule has 0 aromatic carbocycles. The van der Waals surface area contributed by atoms with Gasteiger partial charge in [-0.25, -0.2) is 4.98 Å². The van der Waals surface area contributed by atoms with Crippen molar-refractivity contribution >= 4 is 22.7 Å². The molecule has 2 aromatic rings. The molecule has 0 saturated carbocycles. The minimum Gasteiger partial charge on any atom is -0.325 e. The molecule has 2 N–H and O–H groups in total. The van der Waals surface area contributed by atoms with E-state index in [1.54, 1.807) is 11.3 Å². The van der Waals surface area contributed by atoms with Crippen molar-refractivity contribution in [3.8, 4) is 11.3 Å². The van der Waals surface area contributed by atoms with Gasteiger partial charge in [0.1, 0.15) is 5.01 Å². The lowest BCUT2D eigenvalue weighted by Gasteiger charge is -2.09. The molecular formula is C10H10N2S2. The number of hydrogen-bond acceptors (Lipinski definition) is 4. The van der Waals surface area contributed by atoms with Crippen LogP contribution in [0.15, 0.2) is 11.4 Å². The van der Waals surface area contributed by atoms with Crippen LogP contribution in [0.25, 0.3) is 11.3 Å². The number of nitrogens with zero attached hydrogens (tertiary/aromatic N) is 1. The average Bonchev–Trinajstić information content (AvgIpc) is 2.82. The molecule has 1 aliphatic carbocycles. The van der Waals surface area contributed by atoms with Crippen LogP contribution in [0.2, 0.25) is 0 Å². The maximum atomic E-state index is 5.61. The molecule has 2 nitrogen and oxygen atoms in total. The Hall–Kier alpha value is -0.710. The first kappa shape index (κ1) is 8.59. The molecule has 0 unspecified atom stereocenters. The Morgan fingerprint density at radius 1 is 1.36 bits per heavy atom. The molecule has 0 spiro atoms. The highest BCUT2D eigenvalue weighted by molar-refractivity contribution is 7.12. The molecule has 2 aromatic heterocycles. The van der Waals surface area contributed by atoms with Gasteiger partial charge in [0.15, 0.2) is 0 Å². The predicted molar refractivity (Wildman–Crippen MR) is 60.7 cm³/mol. The number of fused-ring (bicyclic) bond motifs is 3. The minimum atomic E-state index is 0.567. The number of aromatic nitrogens is 1. The molecule has 2 heterocycles. The molecule has 0 bridgehead atoms. The molecule has 1 aliphatic rings. The van der Waals surface area contributed by atoms with Gasteiger partial charge in [-0.05, 0) is 24.3 Å². The van der Waals surface area contributed by atoms with Crippen LogP contribution in [0, 0.1) is 0 Å². The number of thiophene rings is 1. The Kier molecular flexibility index (Phi) is 1.93. The first-order chi connectivity index (χ1) is 6.88. The molecule has 0 saturated heterocycles. The summed E-state index contributed by atoms with van der Waals surface area (Å²) < 4.78 is 0. The zero-order chi connectivity index (χ0) is 9.54.